The third-order valence-electron chi connectivity index (χ3n) is 3.59. The van der Waals surface area contributed by atoms with Crippen LogP contribution in [-0.4, -0.2) is 23.6 Å². The molecule has 2 N–H and O–H groups in total. The number of halogens is 2. The number of carbonyl (C=O) groups is 2. The predicted octanol–water partition coefficient (Wildman–Crippen LogP) is 4.08. The van der Waals surface area contributed by atoms with Gasteiger partial charge in [-0.2, -0.15) is 0 Å². The van der Waals surface area contributed by atoms with Crippen LogP contribution in [0.25, 0.3) is 0 Å². The summed E-state index contributed by atoms with van der Waals surface area (Å²) in [5.41, 5.74) is -0.862. The zero-order valence-electron chi connectivity index (χ0n) is 16.4. The van der Waals surface area contributed by atoms with Crippen molar-refractivity contribution in [1.82, 2.24) is 10.6 Å². The van der Waals surface area contributed by atoms with Crippen molar-refractivity contribution in [2.75, 3.05) is 0 Å². The molecule has 0 unspecified atom stereocenters. The maximum Gasteiger partial charge on any atom is 0.408 e. The van der Waals surface area contributed by atoms with Gasteiger partial charge in [-0.15, -0.1) is 0 Å². The van der Waals surface area contributed by atoms with Crippen molar-refractivity contribution < 1.29 is 23.1 Å². The smallest absolute Gasteiger partial charge is 0.408 e. The van der Waals surface area contributed by atoms with Crippen molar-refractivity contribution in [3.05, 3.63) is 35.4 Å². The number of hydrogen-bond acceptors (Lipinski definition) is 3. The summed E-state index contributed by atoms with van der Waals surface area (Å²) in [7, 11) is 0. The van der Waals surface area contributed by atoms with Crippen LogP contribution in [0.3, 0.4) is 0 Å². The van der Waals surface area contributed by atoms with Gasteiger partial charge in [0.15, 0.2) is 11.6 Å². The molecular weight excluding hydrogens is 342 g/mol. The van der Waals surface area contributed by atoms with Crippen LogP contribution in [0.15, 0.2) is 18.2 Å². The average molecular weight is 370 g/mol. The summed E-state index contributed by atoms with van der Waals surface area (Å²) < 4.78 is 31.7. The monoisotopic (exact) mass is 370 g/mol. The minimum Gasteiger partial charge on any atom is -0.444 e. The van der Waals surface area contributed by atoms with Gasteiger partial charge in [-0.05, 0) is 50.8 Å². The molecule has 5 nitrogen and oxygen atoms in total. The average Bonchev–Trinajstić information content (AvgIpc) is 2.44. The van der Waals surface area contributed by atoms with E-state index < -0.39 is 46.7 Å². The van der Waals surface area contributed by atoms with E-state index in [4.69, 9.17) is 4.74 Å². The van der Waals surface area contributed by atoms with Crippen LogP contribution in [0.5, 0.6) is 0 Å². The molecule has 1 rings (SSSR count). The van der Waals surface area contributed by atoms with Crippen LogP contribution in [0, 0.1) is 17.0 Å². The molecular formula is C19H28F2N2O3. The Morgan fingerprint density at radius 1 is 1.00 bits per heavy atom. The van der Waals surface area contributed by atoms with Gasteiger partial charge in [0.05, 0.1) is 6.04 Å². The lowest BCUT2D eigenvalue weighted by Crippen LogP contribution is -2.54. The summed E-state index contributed by atoms with van der Waals surface area (Å²) in [4.78, 5) is 24.7. The normalized spacial score (nSPS) is 14.3. The molecule has 0 fully saturated rings. The fraction of sp³-hybridized carbons (Fsp3) is 0.579. The second-order valence-corrected chi connectivity index (χ2v) is 8.35. The Hall–Kier alpha value is -2.18. The summed E-state index contributed by atoms with van der Waals surface area (Å²) >= 11 is 0. The molecule has 0 aliphatic rings. The highest BCUT2D eigenvalue weighted by Crippen LogP contribution is 2.22. The van der Waals surface area contributed by atoms with Crippen molar-refractivity contribution in [2.24, 2.45) is 5.41 Å². The number of nitrogens with one attached hydrogen (secondary N) is 2. The molecule has 7 heteroatoms. The summed E-state index contributed by atoms with van der Waals surface area (Å²) in [5, 5.41) is 5.30. The predicted molar refractivity (Wildman–Crippen MR) is 95.5 cm³/mol. The first-order chi connectivity index (χ1) is 11.7. The lowest BCUT2D eigenvalue weighted by molar-refractivity contribution is -0.126. The van der Waals surface area contributed by atoms with Gasteiger partial charge in [0, 0.05) is 0 Å². The maximum absolute atomic E-state index is 13.4. The van der Waals surface area contributed by atoms with E-state index in [9.17, 15) is 18.4 Å². The van der Waals surface area contributed by atoms with Crippen molar-refractivity contribution in [2.45, 2.75) is 66.2 Å². The summed E-state index contributed by atoms with van der Waals surface area (Å²) in [6, 6.07) is 2.01. The Morgan fingerprint density at radius 2 is 1.58 bits per heavy atom. The number of ether oxygens (including phenoxy) is 1. The Morgan fingerprint density at radius 3 is 2.04 bits per heavy atom. The van der Waals surface area contributed by atoms with E-state index in [-0.39, 0.29) is 0 Å². The Balaban J connectivity index is 2.89. The van der Waals surface area contributed by atoms with E-state index in [1.54, 1.807) is 48.5 Å². The zero-order valence-corrected chi connectivity index (χ0v) is 16.4. The number of alkyl carbamates (subject to hydrolysis) is 1. The lowest BCUT2D eigenvalue weighted by Gasteiger charge is -2.32. The van der Waals surface area contributed by atoms with Crippen LogP contribution >= 0.6 is 0 Å². The van der Waals surface area contributed by atoms with E-state index in [2.05, 4.69) is 10.6 Å². The van der Waals surface area contributed by atoms with Gasteiger partial charge < -0.3 is 15.4 Å². The Labute approximate surface area is 153 Å². The number of amides is 2. The lowest BCUT2D eigenvalue weighted by atomic mass is 9.86. The third-order valence-corrected chi connectivity index (χ3v) is 3.59. The topological polar surface area (TPSA) is 67.4 Å². The van der Waals surface area contributed by atoms with Crippen LogP contribution in [0.1, 0.15) is 60.1 Å². The second kappa shape index (κ2) is 8.01. The van der Waals surface area contributed by atoms with Gasteiger partial charge in [0.25, 0.3) is 0 Å². The third kappa shape index (κ3) is 6.61. The van der Waals surface area contributed by atoms with Crippen LogP contribution in [0.4, 0.5) is 13.6 Å². The molecule has 0 saturated heterocycles. The van der Waals surface area contributed by atoms with E-state index in [0.29, 0.717) is 5.56 Å². The van der Waals surface area contributed by atoms with Crippen molar-refractivity contribution >= 4 is 12.0 Å². The molecule has 1 aromatic carbocycles. The van der Waals surface area contributed by atoms with Gasteiger partial charge in [0.2, 0.25) is 5.91 Å². The summed E-state index contributed by atoms with van der Waals surface area (Å²) in [6.07, 6.45) is -0.701. The fourth-order valence-electron chi connectivity index (χ4n) is 2.26. The number of hydrogen-bond donors (Lipinski definition) is 2. The van der Waals surface area contributed by atoms with E-state index >= 15 is 0 Å². The first-order valence-corrected chi connectivity index (χ1v) is 8.45. The molecule has 0 saturated carbocycles. The number of carbonyl (C=O) groups excluding carboxylic acids is 2. The van der Waals surface area contributed by atoms with Crippen molar-refractivity contribution in [3.8, 4) is 0 Å². The molecule has 0 aliphatic carbocycles. The Kier molecular flexibility index (Phi) is 6.74. The van der Waals surface area contributed by atoms with E-state index in [1.165, 1.54) is 6.07 Å². The van der Waals surface area contributed by atoms with E-state index in [1.807, 2.05) is 0 Å². The van der Waals surface area contributed by atoms with Gasteiger partial charge in [-0.25, -0.2) is 13.6 Å². The number of rotatable bonds is 4. The maximum atomic E-state index is 13.4. The molecule has 0 bridgehead atoms. The van der Waals surface area contributed by atoms with Crippen molar-refractivity contribution in [1.29, 1.82) is 0 Å². The van der Waals surface area contributed by atoms with E-state index in [0.717, 1.165) is 12.1 Å². The molecule has 0 radical (unpaired) electrons. The zero-order chi connectivity index (χ0) is 20.3. The SMILES string of the molecule is C[C@H](NC(=O)[C@H](NC(=O)OC(C)(C)C)C(C)(C)C)c1ccc(F)c(F)c1. The highest BCUT2D eigenvalue weighted by Gasteiger charge is 2.34. The molecule has 0 aliphatic heterocycles. The first-order valence-electron chi connectivity index (χ1n) is 8.45. The molecule has 0 spiro atoms. The van der Waals surface area contributed by atoms with Gasteiger partial charge >= 0.3 is 6.09 Å². The summed E-state index contributed by atoms with van der Waals surface area (Å²) in [6.45, 7) is 12.2. The summed E-state index contributed by atoms with van der Waals surface area (Å²) in [5.74, 6) is -2.38. The van der Waals surface area contributed by atoms with Gasteiger partial charge in [-0.3, -0.25) is 4.79 Å². The molecule has 26 heavy (non-hydrogen) atoms. The minimum atomic E-state index is -0.983. The van der Waals surface area contributed by atoms with Crippen molar-refractivity contribution in [3.63, 3.8) is 0 Å². The molecule has 2 atom stereocenters. The molecule has 146 valence electrons. The molecule has 0 aromatic heterocycles. The Bertz CT molecular complexity index is 664. The quantitative estimate of drug-likeness (QED) is 0.839. The highest BCUT2D eigenvalue weighted by molar-refractivity contribution is 5.86. The fourth-order valence-corrected chi connectivity index (χ4v) is 2.26. The van der Waals surface area contributed by atoms with Crippen LogP contribution in [-0.2, 0) is 9.53 Å². The molecule has 1 aromatic rings. The first kappa shape index (κ1) is 21.9. The minimum absolute atomic E-state index is 0.419. The standard InChI is InChI=1S/C19H28F2N2O3/c1-11(12-8-9-13(20)14(21)10-12)22-16(24)15(18(2,3)4)23-17(25)26-19(5,6)7/h8-11,15H,1-7H3,(H,22,24)(H,23,25)/t11-,15-/m0/s1. The van der Waals surface area contributed by atoms with Crippen LogP contribution in [0.2, 0.25) is 0 Å². The van der Waals surface area contributed by atoms with Gasteiger partial charge in [-0.1, -0.05) is 26.8 Å². The van der Waals surface area contributed by atoms with Gasteiger partial charge in [0.1, 0.15) is 11.6 Å². The molecule has 2 amide bonds. The molecule has 0 heterocycles. The highest BCUT2D eigenvalue weighted by atomic mass is 19.2. The largest absolute Gasteiger partial charge is 0.444 e. The second-order valence-electron chi connectivity index (χ2n) is 8.35. The van der Waals surface area contributed by atoms with Crippen LogP contribution < -0.4 is 10.6 Å². The number of benzene rings is 1.